The van der Waals surface area contributed by atoms with E-state index in [0.717, 1.165) is 19.3 Å². The third-order valence-corrected chi connectivity index (χ3v) is 4.22. The average molecular weight is 286 g/mol. The molecule has 2 unspecified atom stereocenters. The highest BCUT2D eigenvalue weighted by Gasteiger charge is 2.43. The van der Waals surface area contributed by atoms with Gasteiger partial charge in [-0.05, 0) is 31.9 Å². The van der Waals surface area contributed by atoms with Gasteiger partial charge in [0.2, 0.25) is 5.91 Å². The number of hydrogen-bond acceptors (Lipinski definition) is 5. The average Bonchev–Trinajstić information content (AvgIpc) is 3.11. The SMILES string of the molecule is CC1(C(=O)Nc2cccnc2-n2cncn2)CCCC1N. The topological polar surface area (TPSA) is 98.7 Å². The number of carbonyl (C=O) groups excluding carboxylic acids is 1. The first kappa shape index (κ1) is 13.7. The summed E-state index contributed by atoms with van der Waals surface area (Å²) in [5.41, 5.74) is 6.17. The number of aromatic nitrogens is 4. The molecule has 1 fully saturated rings. The van der Waals surface area contributed by atoms with Crippen LogP contribution in [-0.4, -0.2) is 31.7 Å². The number of hydrogen-bond donors (Lipinski definition) is 2. The summed E-state index contributed by atoms with van der Waals surface area (Å²) >= 11 is 0. The second kappa shape index (κ2) is 5.25. The molecule has 1 saturated carbocycles. The quantitative estimate of drug-likeness (QED) is 0.881. The Morgan fingerprint density at radius 2 is 2.43 bits per heavy atom. The summed E-state index contributed by atoms with van der Waals surface area (Å²) in [6.07, 6.45) is 7.28. The highest BCUT2D eigenvalue weighted by atomic mass is 16.2. The van der Waals surface area contributed by atoms with Gasteiger partial charge in [-0.15, -0.1) is 0 Å². The van der Waals surface area contributed by atoms with E-state index in [1.807, 2.05) is 6.92 Å². The van der Waals surface area contributed by atoms with Crippen molar-refractivity contribution in [1.29, 1.82) is 0 Å². The number of anilines is 1. The van der Waals surface area contributed by atoms with E-state index in [9.17, 15) is 4.79 Å². The molecule has 0 radical (unpaired) electrons. The molecule has 1 aliphatic rings. The number of nitrogens with two attached hydrogens (primary N) is 1. The highest BCUT2D eigenvalue weighted by molar-refractivity contribution is 5.97. The molecule has 7 nitrogen and oxygen atoms in total. The van der Waals surface area contributed by atoms with Crippen molar-refractivity contribution in [3.8, 4) is 5.82 Å². The molecule has 0 aromatic carbocycles. The van der Waals surface area contributed by atoms with Gasteiger partial charge in [-0.2, -0.15) is 5.10 Å². The van der Waals surface area contributed by atoms with Gasteiger partial charge in [0.25, 0.3) is 0 Å². The maximum atomic E-state index is 12.6. The summed E-state index contributed by atoms with van der Waals surface area (Å²) in [5, 5.41) is 6.99. The van der Waals surface area contributed by atoms with Crippen molar-refractivity contribution in [1.82, 2.24) is 19.7 Å². The predicted molar refractivity (Wildman–Crippen MR) is 77.7 cm³/mol. The molecule has 0 spiro atoms. The maximum absolute atomic E-state index is 12.6. The van der Waals surface area contributed by atoms with Gasteiger partial charge in [0, 0.05) is 12.2 Å². The Kier molecular flexibility index (Phi) is 3.42. The molecule has 110 valence electrons. The monoisotopic (exact) mass is 286 g/mol. The lowest BCUT2D eigenvalue weighted by atomic mass is 9.84. The van der Waals surface area contributed by atoms with Crippen LogP contribution >= 0.6 is 0 Å². The summed E-state index contributed by atoms with van der Waals surface area (Å²) in [7, 11) is 0. The van der Waals surface area contributed by atoms with Crippen LogP contribution in [0.1, 0.15) is 26.2 Å². The van der Waals surface area contributed by atoms with Crippen LogP contribution in [0.5, 0.6) is 0 Å². The van der Waals surface area contributed by atoms with Gasteiger partial charge in [-0.1, -0.05) is 6.42 Å². The summed E-state index contributed by atoms with van der Waals surface area (Å²) in [5.74, 6) is 0.473. The van der Waals surface area contributed by atoms with Crippen LogP contribution < -0.4 is 11.1 Å². The first-order chi connectivity index (χ1) is 10.1. The van der Waals surface area contributed by atoms with E-state index in [4.69, 9.17) is 5.73 Å². The van der Waals surface area contributed by atoms with E-state index in [2.05, 4.69) is 20.4 Å². The number of carbonyl (C=O) groups is 1. The molecular formula is C14H18N6O. The second-order valence-corrected chi connectivity index (χ2v) is 5.58. The van der Waals surface area contributed by atoms with Crippen LogP contribution in [0.15, 0.2) is 31.0 Å². The number of amides is 1. The summed E-state index contributed by atoms with van der Waals surface area (Å²) < 4.78 is 1.52. The van der Waals surface area contributed by atoms with Crippen molar-refractivity contribution in [2.75, 3.05) is 5.32 Å². The lowest BCUT2D eigenvalue weighted by Gasteiger charge is -2.27. The summed E-state index contributed by atoms with van der Waals surface area (Å²) in [4.78, 5) is 20.8. The largest absolute Gasteiger partial charge is 0.327 e. The third kappa shape index (κ3) is 2.40. The van der Waals surface area contributed by atoms with E-state index < -0.39 is 5.41 Å². The first-order valence-corrected chi connectivity index (χ1v) is 6.98. The summed E-state index contributed by atoms with van der Waals surface area (Å²) in [6, 6.07) is 3.46. The Bertz CT molecular complexity index is 641. The normalized spacial score (nSPS) is 25.0. The van der Waals surface area contributed by atoms with Crippen molar-refractivity contribution in [2.45, 2.75) is 32.2 Å². The van der Waals surface area contributed by atoms with Crippen molar-refractivity contribution < 1.29 is 4.79 Å². The Labute approximate surface area is 122 Å². The zero-order valence-corrected chi connectivity index (χ0v) is 11.9. The van der Waals surface area contributed by atoms with Gasteiger partial charge in [0.05, 0.1) is 11.1 Å². The maximum Gasteiger partial charge on any atom is 0.231 e. The molecular weight excluding hydrogens is 268 g/mol. The van der Waals surface area contributed by atoms with Gasteiger partial charge in [0.15, 0.2) is 5.82 Å². The van der Waals surface area contributed by atoms with E-state index in [1.54, 1.807) is 24.7 Å². The lowest BCUT2D eigenvalue weighted by molar-refractivity contribution is -0.125. The molecule has 3 N–H and O–H groups in total. The number of pyridine rings is 1. The van der Waals surface area contributed by atoms with Gasteiger partial charge < -0.3 is 11.1 Å². The lowest BCUT2D eigenvalue weighted by Crippen LogP contribution is -2.44. The molecule has 2 atom stereocenters. The number of rotatable bonds is 3. The van der Waals surface area contributed by atoms with Crippen LogP contribution in [-0.2, 0) is 4.79 Å². The highest BCUT2D eigenvalue weighted by Crippen LogP contribution is 2.37. The molecule has 21 heavy (non-hydrogen) atoms. The Balaban J connectivity index is 1.87. The zero-order chi connectivity index (χ0) is 14.9. The molecule has 2 heterocycles. The molecule has 1 amide bonds. The number of nitrogens with one attached hydrogen (secondary N) is 1. The number of nitrogens with zero attached hydrogens (tertiary/aromatic N) is 4. The van der Waals surface area contributed by atoms with Crippen molar-refractivity contribution in [3.63, 3.8) is 0 Å². The van der Waals surface area contributed by atoms with E-state index in [1.165, 1.54) is 11.0 Å². The van der Waals surface area contributed by atoms with E-state index in [0.29, 0.717) is 11.5 Å². The minimum atomic E-state index is -0.532. The molecule has 0 aliphatic heterocycles. The van der Waals surface area contributed by atoms with E-state index in [-0.39, 0.29) is 11.9 Å². The van der Waals surface area contributed by atoms with Crippen molar-refractivity contribution in [2.24, 2.45) is 11.1 Å². The molecule has 7 heteroatoms. The van der Waals surface area contributed by atoms with Crippen LogP contribution in [0.2, 0.25) is 0 Å². The molecule has 3 rings (SSSR count). The third-order valence-electron chi connectivity index (χ3n) is 4.22. The summed E-state index contributed by atoms with van der Waals surface area (Å²) in [6.45, 7) is 1.92. The Morgan fingerprint density at radius 1 is 1.57 bits per heavy atom. The van der Waals surface area contributed by atoms with Crippen molar-refractivity contribution >= 4 is 11.6 Å². The fourth-order valence-electron chi connectivity index (χ4n) is 2.73. The van der Waals surface area contributed by atoms with Crippen LogP contribution in [0.3, 0.4) is 0 Å². The van der Waals surface area contributed by atoms with Gasteiger partial charge >= 0.3 is 0 Å². The van der Waals surface area contributed by atoms with Gasteiger partial charge in [0.1, 0.15) is 12.7 Å². The molecule has 2 aromatic rings. The minimum Gasteiger partial charge on any atom is -0.327 e. The van der Waals surface area contributed by atoms with Gasteiger partial charge in [-0.25, -0.2) is 14.6 Å². The molecule has 1 aliphatic carbocycles. The first-order valence-electron chi connectivity index (χ1n) is 6.98. The standard InChI is InChI=1S/C14H18N6O/c1-14(6-2-5-11(14)15)13(21)19-10-4-3-7-17-12(10)20-9-16-8-18-20/h3-4,7-9,11H,2,5-6,15H2,1H3,(H,19,21). The second-order valence-electron chi connectivity index (χ2n) is 5.58. The smallest absolute Gasteiger partial charge is 0.231 e. The fourth-order valence-corrected chi connectivity index (χ4v) is 2.73. The fraction of sp³-hybridized carbons (Fsp3) is 0.429. The zero-order valence-electron chi connectivity index (χ0n) is 11.9. The van der Waals surface area contributed by atoms with Crippen molar-refractivity contribution in [3.05, 3.63) is 31.0 Å². The van der Waals surface area contributed by atoms with E-state index >= 15 is 0 Å². The minimum absolute atomic E-state index is 0.0677. The van der Waals surface area contributed by atoms with Crippen LogP contribution in [0.25, 0.3) is 5.82 Å². The molecule has 0 saturated heterocycles. The Morgan fingerprint density at radius 3 is 3.10 bits per heavy atom. The van der Waals surface area contributed by atoms with Crippen LogP contribution in [0, 0.1) is 5.41 Å². The Hall–Kier alpha value is -2.28. The molecule has 2 aromatic heterocycles. The molecule has 0 bridgehead atoms. The predicted octanol–water partition coefficient (Wildman–Crippen LogP) is 1.12. The van der Waals surface area contributed by atoms with Crippen LogP contribution in [0.4, 0.5) is 5.69 Å². The van der Waals surface area contributed by atoms with Gasteiger partial charge in [-0.3, -0.25) is 4.79 Å².